The fourth-order valence-corrected chi connectivity index (χ4v) is 4.57. The van der Waals surface area contributed by atoms with Crippen molar-refractivity contribution < 1.29 is 4.79 Å². The summed E-state index contributed by atoms with van der Waals surface area (Å²) < 4.78 is 1.98. The summed E-state index contributed by atoms with van der Waals surface area (Å²) in [6.07, 6.45) is 0. The molecular formula is C17H18BrN7O2S. The van der Waals surface area contributed by atoms with Gasteiger partial charge in [-0.2, -0.15) is 9.61 Å². The van der Waals surface area contributed by atoms with Crippen LogP contribution in [0.2, 0.25) is 0 Å². The van der Waals surface area contributed by atoms with Crippen molar-refractivity contribution in [2.24, 2.45) is 5.73 Å². The van der Waals surface area contributed by atoms with Crippen LogP contribution in [-0.2, 0) is 4.79 Å². The number of amides is 1. The zero-order valence-electron chi connectivity index (χ0n) is 14.8. The molecule has 1 fully saturated rings. The van der Waals surface area contributed by atoms with Gasteiger partial charge >= 0.3 is 0 Å². The number of piperazine rings is 1. The van der Waals surface area contributed by atoms with Gasteiger partial charge in [-0.05, 0) is 22.0 Å². The van der Waals surface area contributed by atoms with Gasteiger partial charge in [-0.15, -0.1) is 0 Å². The van der Waals surface area contributed by atoms with E-state index in [0.717, 1.165) is 31.7 Å². The first-order valence-electron chi connectivity index (χ1n) is 8.72. The second-order valence-corrected chi connectivity index (χ2v) is 7.96. The molecule has 11 heteroatoms. The number of nitrogens with one attached hydrogen (secondary N) is 2. The van der Waals surface area contributed by atoms with E-state index in [4.69, 9.17) is 5.73 Å². The third-order valence-electron chi connectivity index (χ3n) is 4.36. The highest BCUT2D eigenvalue weighted by molar-refractivity contribution is 9.10. The predicted octanol–water partition coefficient (Wildman–Crippen LogP) is 0.887. The molecule has 1 aliphatic heterocycles. The van der Waals surface area contributed by atoms with Gasteiger partial charge in [0.1, 0.15) is 10.8 Å². The molecule has 3 aromatic rings. The molecule has 2 aromatic heterocycles. The third kappa shape index (κ3) is 3.65. The highest BCUT2D eigenvalue weighted by Crippen LogP contribution is 2.36. The Kier molecular flexibility index (Phi) is 5.40. The molecule has 0 saturated carbocycles. The Morgan fingerprint density at radius 2 is 2.14 bits per heavy atom. The SMILES string of the molecule is NCC(=O)Nc1cccc(-c2nn3c(=O)cc(N4CCNCC4)nc3s2)c1Br. The van der Waals surface area contributed by atoms with Crippen molar-refractivity contribution in [2.75, 3.05) is 42.9 Å². The number of nitrogens with zero attached hydrogens (tertiary/aromatic N) is 4. The van der Waals surface area contributed by atoms with Gasteiger partial charge in [0.2, 0.25) is 10.9 Å². The lowest BCUT2D eigenvalue weighted by molar-refractivity contribution is -0.114. The van der Waals surface area contributed by atoms with E-state index in [1.54, 1.807) is 12.1 Å². The lowest BCUT2D eigenvalue weighted by atomic mass is 10.2. The number of carbonyl (C=O) groups is 1. The van der Waals surface area contributed by atoms with Crippen LogP contribution in [0.15, 0.2) is 33.5 Å². The average molecular weight is 464 g/mol. The van der Waals surface area contributed by atoms with E-state index in [0.29, 0.717) is 25.9 Å². The van der Waals surface area contributed by atoms with E-state index in [9.17, 15) is 9.59 Å². The highest BCUT2D eigenvalue weighted by atomic mass is 79.9. The second-order valence-electron chi connectivity index (χ2n) is 6.21. The van der Waals surface area contributed by atoms with Crippen LogP contribution < -0.4 is 26.8 Å². The number of halogens is 1. The van der Waals surface area contributed by atoms with Crippen molar-refractivity contribution in [3.05, 3.63) is 39.1 Å². The van der Waals surface area contributed by atoms with Gasteiger partial charge in [0.25, 0.3) is 5.56 Å². The van der Waals surface area contributed by atoms with Crippen LogP contribution in [0, 0.1) is 0 Å². The van der Waals surface area contributed by atoms with Crippen molar-refractivity contribution in [3.63, 3.8) is 0 Å². The Bertz CT molecular complexity index is 1090. The van der Waals surface area contributed by atoms with Gasteiger partial charge < -0.3 is 21.3 Å². The van der Waals surface area contributed by atoms with Crippen molar-refractivity contribution in [1.29, 1.82) is 0 Å². The van der Waals surface area contributed by atoms with E-state index < -0.39 is 0 Å². The summed E-state index contributed by atoms with van der Waals surface area (Å²) in [6, 6.07) is 6.96. The van der Waals surface area contributed by atoms with Crippen LogP contribution in [0.25, 0.3) is 15.5 Å². The number of fused-ring (bicyclic) bond motifs is 1. The summed E-state index contributed by atoms with van der Waals surface area (Å²) in [6.45, 7) is 3.24. The van der Waals surface area contributed by atoms with Crippen molar-refractivity contribution in [2.45, 2.75) is 0 Å². The molecule has 1 aromatic carbocycles. The van der Waals surface area contributed by atoms with E-state index in [2.05, 4.69) is 41.5 Å². The Balaban J connectivity index is 1.74. The molecule has 28 heavy (non-hydrogen) atoms. The minimum absolute atomic E-state index is 0.105. The van der Waals surface area contributed by atoms with Gasteiger partial charge in [0, 0.05) is 37.8 Å². The van der Waals surface area contributed by atoms with Gasteiger partial charge in [-0.25, -0.2) is 4.98 Å². The first-order chi connectivity index (χ1) is 13.6. The van der Waals surface area contributed by atoms with E-state index in [-0.39, 0.29) is 18.0 Å². The number of anilines is 2. The summed E-state index contributed by atoms with van der Waals surface area (Å²) >= 11 is 4.84. The summed E-state index contributed by atoms with van der Waals surface area (Å²) in [4.78, 5) is 31.4. The molecule has 1 amide bonds. The van der Waals surface area contributed by atoms with Crippen molar-refractivity contribution in [3.8, 4) is 10.6 Å². The minimum Gasteiger partial charge on any atom is -0.354 e. The number of nitrogens with two attached hydrogens (primary N) is 1. The lowest BCUT2D eigenvalue weighted by Crippen LogP contribution is -2.44. The van der Waals surface area contributed by atoms with Crippen LogP contribution in [0.4, 0.5) is 11.5 Å². The fourth-order valence-electron chi connectivity index (χ4n) is 2.96. The molecule has 3 heterocycles. The van der Waals surface area contributed by atoms with Gasteiger partial charge in [-0.1, -0.05) is 23.5 Å². The summed E-state index contributed by atoms with van der Waals surface area (Å²) in [5, 5.41) is 11.1. The normalized spacial score (nSPS) is 14.4. The number of carbonyl (C=O) groups excluding carboxylic acids is 1. The second kappa shape index (κ2) is 7.95. The van der Waals surface area contributed by atoms with Crippen LogP contribution in [-0.4, -0.2) is 53.2 Å². The highest BCUT2D eigenvalue weighted by Gasteiger charge is 2.18. The monoisotopic (exact) mass is 463 g/mol. The smallest absolute Gasteiger partial charge is 0.277 e. The maximum atomic E-state index is 12.6. The predicted molar refractivity (Wildman–Crippen MR) is 113 cm³/mol. The molecule has 0 unspecified atom stereocenters. The number of rotatable bonds is 4. The molecule has 1 saturated heterocycles. The number of hydrogen-bond donors (Lipinski definition) is 3. The van der Waals surface area contributed by atoms with E-state index in [1.165, 1.54) is 21.9 Å². The first-order valence-corrected chi connectivity index (χ1v) is 10.3. The van der Waals surface area contributed by atoms with E-state index in [1.807, 2.05) is 6.07 Å². The zero-order valence-corrected chi connectivity index (χ0v) is 17.2. The number of hydrogen-bond acceptors (Lipinski definition) is 8. The average Bonchev–Trinajstić information content (AvgIpc) is 3.14. The Morgan fingerprint density at radius 3 is 2.89 bits per heavy atom. The Hall–Kier alpha value is -2.34. The molecule has 4 N–H and O–H groups in total. The molecule has 0 radical (unpaired) electrons. The van der Waals surface area contributed by atoms with E-state index >= 15 is 0 Å². The zero-order chi connectivity index (χ0) is 19.7. The van der Waals surface area contributed by atoms with Gasteiger partial charge in [0.15, 0.2) is 0 Å². The first kappa shape index (κ1) is 19.0. The molecule has 0 aliphatic carbocycles. The molecule has 4 rings (SSSR count). The molecule has 0 bridgehead atoms. The molecule has 0 atom stereocenters. The number of benzene rings is 1. The molecule has 9 nitrogen and oxygen atoms in total. The van der Waals surface area contributed by atoms with Gasteiger partial charge in [0.05, 0.1) is 16.7 Å². The molecule has 146 valence electrons. The van der Waals surface area contributed by atoms with Crippen LogP contribution in [0.5, 0.6) is 0 Å². The largest absolute Gasteiger partial charge is 0.354 e. The Morgan fingerprint density at radius 1 is 1.36 bits per heavy atom. The summed E-state index contributed by atoms with van der Waals surface area (Å²) in [5.41, 5.74) is 6.50. The third-order valence-corrected chi connectivity index (χ3v) is 6.16. The topological polar surface area (TPSA) is 118 Å². The van der Waals surface area contributed by atoms with Crippen LogP contribution >= 0.6 is 27.3 Å². The van der Waals surface area contributed by atoms with Gasteiger partial charge in [-0.3, -0.25) is 9.59 Å². The maximum absolute atomic E-state index is 12.6. The summed E-state index contributed by atoms with van der Waals surface area (Å²) in [5.74, 6) is 0.380. The lowest BCUT2D eigenvalue weighted by Gasteiger charge is -2.27. The van der Waals surface area contributed by atoms with Crippen LogP contribution in [0.1, 0.15) is 0 Å². The molecule has 0 spiro atoms. The maximum Gasteiger partial charge on any atom is 0.277 e. The van der Waals surface area contributed by atoms with Crippen molar-refractivity contribution in [1.82, 2.24) is 19.9 Å². The standard InChI is InChI=1S/C17H18BrN7O2S/c18-15-10(2-1-3-11(15)21-13(26)9-19)16-23-25-14(27)8-12(22-17(25)28-16)24-6-4-20-5-7-24/h1-3,8,20H,4-7,9,19H2,(H,21,26). The summed E-state index contributed by atoms with van der Waals surface area (Å²) in [7, 11) is 0. The van der Waals surface area contributed by atoms with Crippen LogP contribution in [0.3, 0.4) is 0 Å². The Labute approximate surface area is 172 Å². The quantitative estimate of drug-likeness (QED) is 0.525. The minimum atomic E-state index is -0.291. The fraction of sp³-hybridized carbons (Fsp3) is 0.294. The molecule has 1 aliphatic rings. The number of aromatic nitrogens is 3. The molecular weight excluding hydrogens is 446 g/mol. The van der Waals surface area contributed by atoms with Crippen molar-refractivity contribution >= 4 is 49.6 Å².